The molecule has 0 saturated heterocycles. The van der Waals surface area contributed by atoms with Crippen molar-refractivity contribution in [1.82, 2.24) is 0 Å². The number of hydrogen-bond acceptors (Lipinski definition) is 8. The standard InChI is InChI=1S/C61H107NO8/c1-6-8-10-12-14-16-18-20-22-24-26-28-29-30-32-33-35-37-39-41-43-45-47-49-51-58(63)68-55-57(56-69-61(60(65)66)67-54-53-62(3,4)5)70-59(64)52-50-48-46-44-42-40-38-36-34-31-27-25-23-21-19-17-15-13-11-9-7-2/h9,11,15,17,21,23,27,31,36,38,42,44,57,61H,6-8,10,12-14,16,18-20,22,24-26,28-30,32-35,37,39-41,43,45-56H2,1-5H3/b11-9-,17-15-,23-21-,31-27-,38-36-,44-42-. The van der Waals surface area contributed by atoms with Crippen LogP contribution in [0.5, 0.6) is 0 Å². The fourth-order valence-corrected chi connectivity index (χ4v) is 7.83. The monoisotopic (exact) mass is 982 g/mol. The average molecular weight is 983 g/mol. The van der Waals surface area contributed by atoms with Crippen molar-refractivity contribution in [3.63, 3.8) is 0 Å². The molecule has 0 radical (unpaired) electrons. The second kappa shape index (κ2) is 52.1. The summed E-state index contributed by atoms with van der Waals surface area (Å²) in [6.45, 7) is 4.60. The van der Waals surface area contributed by atoms with Crippen LogP contribution in [0.15, 0.2) is 72.9 Å². The first-order valence-corrected chi connectivity index (χ1v) is 28.6. The van der Waals surface area contributed by atoms with E-state index >= 15 is 0 Å². The Morgan fingerprint density at radius 2 is 0.814 bits per heavy atom. The van der Waals surface area contributed by atoms with Crippen molar-refractivity contribution in [2.24, 2.45) is 0 Å². The molecular formula is C61H107NO8. The molecule has 2 unspecified atom stereocenters. The van der Waals surface area contributed by atoms with E-state index in [1.54, 1.807) is 0 Å². The van der Waals surface area contributed by atoms with Gasteiger partial charge in [-0.1, -0.05) is 234 Å². The van der Waals surface area contributed by atoms with Gasteiger partial charge in [0.1, 0.15) is 13.2 Å². The number of esters is 2. The molecule has 9 nitrogen and oxygen atoms in total. The highest BCUT2D eigenvalue weighted by Gasteiger charge is 2.22. The van der Waals surface area contributed by atoms with E-state index in [1.165, 1.54) is 135 Å². The topological polar surface area (TPSA) is 111 Å². The van der Waals surface area contributed by atoms with E-state index in [9.17, 15) is 19.5 Å². The highest BCUT2D eigenvalue weighted by Crippen LogP contribution is 2.16. The molecule has 0 heterocycles. The van der Waals surface area contributed by atoms with Gasteiger partial charge in [0.05, 0.1) is 40.3 Å². The maximum Gasteiger partial charge on any atom is 0.306 e. The van der Waals surface area contributed by atoms with Crippen LogP contribution >= 0.6 is 0 Å². The fourth-order valence-electron chi connectivity index (χ4n) is 7.83. The highest BCUT2D eigenvalue weighted by atomic mass is 16.7. The van der Waals surface area contributed by atoms with Crippen molar-refractivity contribution in [3.8, 4) is 0 Å². The number of carbonyl (C=O) groups excluding carboxylic acids is 3. The van der Waals surface area contributed by atoms with Crippen LogP contribution in [-0.4, -0.2) is 82.3 Å². The molecule has 0 aliphatic carbocycles. The number of carboxylic acids is 1. The summed E-state index contributed by atoms with van der Waals surface area (Å²) in [6.07, 6.45) is 63.9. The molecule has 404 valence electrons. The van der Waals surface area contributed by atoms with E-state index in [1.807, 2.05) is 21.1 Å². The molecule has 0 rings (SSSR count). The van der Waals surface area contributed by atoms with Gasteiger partial charge in [0.15, 0.2) is 12.4 Å². The maximum absolute atomic E-state index is 12.8. The molecular weight excluding hydrogens is 875 g/mol. The first-order valence-electron chi connectivity index (χ1n) is 28.6. The SMILES string of the molecule is CC/C=C\C/C=C\C/C=C\C/C=C\C/C=C\C/C=C\CCCCC(=O)OC(COC(=O)CCCCCCCCCCCCCCCCCCCCCCCCCC)COC(OCC[N+](C)(C)C)C(=O)[O-]. The number of ether oxygens (including phenoxy) is 4. The maximum atomic E-state index is 12.8. The van der Waals surface area contributed by atoms with Gasteiger partial charge < -0.3 is 33.3 Å². The number of allylic oxidation sites excluding steroid dienone is 12. The second-order valence-corrected chi connectivity index (χ2v) is 20.2. The van der Waals surface area contributed by atoms with Crippen molar-refractivity contribution in [3.05, 3.63) is 72.9 Å². The lowest BCUT2D eigenvalue weighted by Gasteiger charge is -2.26. The van der Waals surface area contributed by atoms with E-state index in [0.717, 1.165) is 70.6 Å². The first kappa shape index (κ1) is 66.7. The van der Waals surface area contributed by atoms with Gasteiger partial charge in [0, 0.05) is 12.8 Å². The predicted octanol–water partition coefficient (Wildman–Crippen LogP) is 15.3. The van der Waals surface area contributed by atoms with Gasteiger partial charge in [-0.15, -0.1) is 0 Å². The van der Waals surface area contributed by atoms with Gasteiger partial charge in [-0.25, -0.2) is 0 Å². The Bertz CT molecular complexity index is 1380. The van der Waals surface area contributed by atoms with Crippen molar-refractivity contribution in [2.45, 2.75) is 251 Å². The summed E-state index contributed by atoms with van der Waals surface area (Å²) >= 11 is 0. The third kappa shape index (κ3) is 52.6. The molecule has 0 amide bonds. The fraction of sp³-hybridized carbons (Fsp3) is 0.754. The molecule has 0 aliphatic rings. The van der Waals surface area contributed by atoms with E-state index in [-0.39, 0.29) is 38.6 Å². The number of hydrogen-bond donors (Lipinski definition) is 0. The van der Waals surface area contributed by atoms with Crippen molar-refractivity contribution < 1.29 is 42.9 Å². The summed E-state index contributed by atoms with van der Waals surface area (Å²) in [5, 5.41) is 11.8. The first-order chi connectivity index (χ1) is 34.1. The van der Waals surface area contributed by atoms with Gasteiger partial charge in [-0.05, 0) is 64.2 Å². The Kier molecular flexibility index (Phi) is 49.6. The molecule has 0 spiro atoms. The normalized spacial score (nSPS) is 13.3. The van der Waals surface area contributed by atoms with Crippen LogP contribution in [-0.2, 0) is 33.3 Å². The number of quaternary nitrogens is 1. The minimum atomic E-state index is -1.64. The number of carbonyl (C=O) groups is 3. The zero-order valence-corrected chi connectivity index (χ0v) is 45.9. The largest absolute Gasteiger partial charge is 0.545 e. The molecule has 70 heavy (non-hydrogen) atoms. The Balaban J connectivity index is 4.31. The number of carboxylic acid groups (broad SMARTS) is 1. The Morgan fingerprint density at radius 3 is 1.21 bits per heavy atom. The molecule has 0 aliphatic heterocycles. The summed E-state index contributed by atoms with van der Waals surface area (Å²) in [7, 11) is 5.90. The van der Waals surface area contributed by atoms with Gasteiger partial charge >= 0.3 is 11.9 Å². The molecule has 0 N–H and O–H groups in total. The van der Waals surface area contributed by atoms with Crippen molar-refractivity contribution >= 4 is 17.9 Å². The number of likely N-dealkylation sites (N-methyl/N-ethyl adjacent to an activating group) is 1. The zero-order chi connectivity index (χ0) is 51.3. The zero-order valence-electron chi connectivity index (χ0n) is 45.9. The average Bonchev–Trinajstić information content (AvgIpc) is 3.33. The van der Waals surface area contributed by atoms with Gasteiger partial charge in [-0.2, -0.15) is 0 Å². The molecule has 0 bridgehead atoms. The van der Waals surface area contributed by atoms with E-state index in [4.69, 9.17) is 18.9 Å². The lowest BCUT2D eigenvalue weighted by atomic mass is 10.0. The van der Waals surface area contributed by atoms with Gasteiger partial charge in [0.25, 0.3) is 0 Å². The summed E-state index contributed by atoms with van der Waals surface area (Å²) in [5.41, 5.74) is 0. The molecule has 0 aromatic carbocycles. The summed E-state index contributed by atoms with van der Waals surface area (Å²) < 4.78 is 22.6. The van der Waals surface area contributed by atoms with Crippen molar-refractivity contribution in [2.75, 3.05) is 47.5 Å². The van der Waals surface area contributed by atoms with Crippen molar-refractivity contribution in [1.29, 1.82) is 0 Å². The minimum absolute atomic E-state index is 0.137. The molecule has 9 heteroatoms. The molecule has 0 fully saturated rings. The third-order valence-electron chi connectivity index (χ3n) is 12.2. The molecule has 0 aromatic rings. The van der Waals surface area contributed by atoms with Crippen LogP contribution in [0.3, 0.4) is 0 Å². The number of nitrogens with zero attached hydrogens (tertiary/aromatic N) is 1. The highest BCUT2D eigenvalue weighted by molar-refractivity contribution is 5.70. The minimum Gasteiger partial charge on any atom is -0.545 e. The summed E-state index contributed by atoms with van der Waals surface area (Å²) in [4.78, 5) is 37.2. The molecule has 0 saturated carbocycles. The van der Waals surface area contributed by atoms with Crippen LogP contribution in [0, 0.1) is 0 Å². The Hall–Kier alpha value is -3.27. The van der Waals surface area contributed by atoms with Gasteiger partial charge in [0.2, 0.25) is 0 Å². The third-order valence-corrected chi connectivity index (χ3v) is 12.2. The van der Waals surface area contributed by atoms with E-state index in [0.29, 0.717) is 17.4 Å². The smallest absolute Gasteiger partial charge is 0.306 e. The van der Waals surface area contributed by atoms with Crippen LogP contribution in [0.25, 0.3) is 0 Å². The Labute approximate surface area is 430 Å². The van der Waals surface area contributed by atoms with Crippen LogP contribution in [0.4, 0.5) is 0 Å². The van der Waals surface area contributed by atoms with Gasteiger partial charge in [-0.3, -0.25) is 9.59 Å². The summed E-state index contributed by atoms with van der Waals surface area (Å²) in [6, 6.07) is 0. The number of rotatable bonds is 52. The van der Waals surface area contributed by atoms with E-state index in [2.05, 4.69) is 86.8 Å². The lowest BCUT2D eigenvalue weighted by molar-refractivity contribution is -0.870. The van der Waals surface area contributed by atoms with E-state index < -0.39 is 24.3 Å². The van der Waals surface area contributed by atoms with Crippen LogP contribution in [0.2, 0.25) is 0 Å². The number of unbranched alkanes of at least 4 members (excludes halogenated alkanes) is 25. The predicted molar refractivity (Wildman–Crippen MR) is 292 cm³/mol. The van der Waals surface area contributed by atoms with Crippen LogP contribution < -0.4 is 5.11 Å². The van der Waals surface area contributed by atoms with Crippen LogP contribution in [0.1, 0.15) is 239 Å². The molecule has 2 atom stereocenters. The second-order valence-electron chi connectivity index (χ2n) is 20.2. The lowest BCUT2D eigenvalue weighted by Crippen LogP contribution is -2.44. The Morgan fingerprint density at radius 1 is 0.443 bits per heavy atom. The number of aliphatic carboxylic acids is 1. The molecule has 0 aromatic heterocycles. The quantitative estimate of drug-likeness (QED) is 0.0195. The summed E-state index contributed by atoms with van der Waals surface area (Å²) in [5.74, 6) is -2.34.